The largest absolute Gasteiger partial charge is 0.370 e. The molecule has 8 nitrogen and oxygen atoms in total. The summed E-state index contributed by atoms with van der Waals surface area (Å²) in [6, 6.07) is 8.88. The van der Waals surface area contributed by atoms with E-state index in [1.165, 1.54) is 36.4 Å². The van der Waals surface area contributed by atoms with E-state index in [1.807, 2.05) is 0 Å². The van der Waals surface area contributed by atoms with Crippen LogP contribution in [-0.4, -0.2) is 32.2 Å². The van der Waals surface area contributed by atoms with Gasteiger partial charge in [0.15, 0.2) is 5.78 Å². The summed E-state index contributed by atoms with van der Waals surface area (Å²) in [6.07, 6.45) is 0.939. The Morgan fingerprint density at radius 2 is 1.75 bits per heavy atom. The SMILES string of the molecule is NS(=O)(=O)c1cc([N+](=O)[O-])ccc1N1CCC(C(=O)c2ccc(F)cc2)CC1. The second kappa shape index (κ2) is 7.64. The molecule has 1 fully saturated rings. The van der Waals surface area contributed by atoms with Gasteiger partial charge in [0.1, 0.15) is 10.7 Å². The van der Waals surface area contributed by atoms with Gasteiger partial charge in [-0.05, 0) is 43.2 Å². The number of benzene rings is 2. The maximum absolute atomic E-state index is 13.0. The molecule has 0 aromatic heterocycles. The number of nitro groups is 1. The number of carbonyl (C=O) groups excluding carboxylic acids is 1. The fourth-order valence-corrected chi connectivity index (χ4v) is 4.11. The van der Waals surface area contributed by atoms with E-state index in [1.54, 1.807) is 4.90 Å². The number of carbonyl (C=O) groups is 1. The van der Waals surface area contributed by atoms with Gasteiger partial charge in [-0.25, -0.2) is 17.9 Å². The Hall–Kier alpha value is -2.85. The van der Waals surface area contributed by atoms with Crippen molar-refractivity contribution >= 4 is 27.2 Å². The highest BCUT2D eigenvalue weighted by atomic mass is 32.2. The zero-order chi connectivity index (χ0) is 20.5. The summed E-state index contributed by atoms with van der Waals surface area (Å²) in [5.74, 6) is -0.771. The zero-order valence-electron chi connectivity index (χ0n) is 14.7. The van der Waals surface area contributed by atoms with Crippen LogP contribution in [0.2, 0.25) is 0 Å². The third-order valence-corrected chi connectivity index (χ3v) is 5.74. The number of ketones is 1. The summed E-state index contributed by atoms with van der Waals surface area (Å²) in [5, 5.41) is 16.2. The van der Waals surface area contributed by atoms with Crippen molar-refractivity contribution in [2.45, 2.75) is 17.7 Å². The van der Waals surface area contributed by atoms with Crippen LogP contribution < -0.4 is 10.0 Å². The van der Waals surface area contributed by atoms with E-state index in [4.69, 9.17) is 5.14 Å². The van der Waals surface area contributed by atoms with E-state index in [0.717, 1.165) is 6.07 Å². The first-order valence-electron chi connectivity index (χ1n) is 8.53. The number of hydrogen-bond acceptors (Lipinski definition) is 6. The molecule has 10 heteroatoms. The van der Waals surface area contributed by atoms with Crippen molar-refractivity contribution in [3.05, 3.63) is 64.0 Å². The third-order valence-electron chi connectivity index (χ3n) is 4.80. The summed E-state index contributed by atoms with van der Waals surface area (Å²) in [7, 11) is -4.16. The number of rotatable bonds is 5. The van der Waals surface area contributed by atoms with E-state index in [0.29, 0.717) is 31.5 Å². The van der Waals surface area contributed by atoms with Gasteiger partial charge in [-0.3, -0.25) is 14.9 Å². The number of nitro benzene ring substituents is 1. The van der Waals surface area contributed by atoms with Crippen LogP contribution in [0.5, 0.6) is 0 Å². The van der Waals surface area contributed by atoms with Crippen LogP contribution >= 0.6 is 0 Å². The van der Waals surface area contributed by atoms with Crippen LogP contribution in [0.25, 0.3) is 0 Å². The predicted molar refractivity (Wildman–Crippen MR) is 100 cm³/mol. The quantitative estimate of drug-likeness (QED) is 0.461. The Kier molecular flexibility index (Phi) is 5.43. The molecule has 0 radical (unpaired) electrons. The first-order valence-corrected chi connectivity index (χ1v) is 10.1. The van der Waals surface area contributed by atoms with Gasteiger partial charge in [-0.2, -0.15) is 0 Å². The van der Waals surface area contributed by atoms with E-state index < -0.39 is 20.8 Å². The Morgan fingerprint density at radius 1 is 1.14 bits per heavy atom. The first-order chi connectivity index (χ1) is 13.2. The minimum atomic E-state index is -4.16. The second-order valence-corrected chi connectivity index (χ2v) is 8.12. The molecule has 28 heavy (non-hydrogen) atoms. The van der Waals surface area contributed by atoms with Gasteiger partial charge in [0.25, 0.3) is 5.69 Å². The highest BCUT2D eigenvalue weighted by Gasteiger charge is 2.29. The molecule has 0 bridgehead atoms. The number of nitrogens with zero attached hydrogens (tertiary/aromatic N) is 2. The number of non-ortho nitro benzene ring substituents is 1. The van der Waals surface area contributed by atoms with Gasteiger partial charge in [0.05, 0.1) is 10.6 Å². The second-order valence-electron chi connectivity index (χ2n) is 6.59. The number of hydrogen-bond donors (Lipinski definition) is 1. The molecule has 2 N–H and O–H groups in total. The molecule has 0 atom stereocenters. The fourth-order valence-electron chi connectivity index (χ4n) is 3.34. The lowest BCUT2D eigenvalue weighted by Crippen LogP contribution is -2.37. The van der Waals surface area contributed by atoms with Gasteiger partial charge in [0, 0.05) is 36.7 Å². The summed E-state index contributed by atoms with van der Waals surface area (Å²) >= 11 is 0. The number of Topliss-reactive ketones (excluding diaryl/α,β-unsaturated/α-hetero) is 1. The Balaban J connectivity index is 1.78. The number of anilines is 1. The predicted octanol–water partition coefficient (Wildman–Crippen LogP) is 2.48. The lowest BCUT2D eigenvalue weighted by molar-refractivity contribution is -0.385. The normalized spacial score (nSPS) is 15.4. The number of nitrogens with two attached hydrogens (primary N) is 1. The molecule has 1 heterocycles. The van der Waals surface area contributed by atoms with Crippen LogP contribution in [0, 0.1) is 21.8 Å². The van der Waals surface area contributed by atoms with Crippen LogP contribution in [-0.2, 0) is 10.0 Å². The molecule has 1 aliphatic heterocycles. The number of halogens is 1. The maximum atomic E-state index is 13.0. The average Bonchev–Trinajstić information content (AvgIpc) is 2.67. The van der Waals surface area contributed by atoms with Crippen LogP contribution in [0.4, 0.5) is 15.8 Å². The summed E-state index contributed by atoms with van der Waals surface area (Å²) in [6.45, 7) is 0.774. The minimum absolute atomic E-state index is 0.0879. The lowest BCUT2D eigenvalue weighted by Gasteiger charge is -2.33. The van der Waals surface area contributed by atoms with E-state index in [-0.39, 0.29) is 28.0 Å². The van der Waals surface area contributed by atoms with Crippen molar-refractivity contribution < 1.29 is 22.5 Å². The molecular weight excluding hydrogens is 389 g/mol. The smallest absolute Gasteiger partial charge is 0.270 e. The lowest BCUT2D eigenvalue weighted by atomic mass is 9.88. The van der Waals surface area contributed by atoms with Gasteiger partial charge in [-0.1, -0.05) is 0 Å². The molecule has 0 unspecified atom stereocenters. The number of primary sulfonamides is 1. The molecule has 148 valence electrons. The minimum Gasteiger partial charge on any atom is -0.370 e. The van der Waals surface area contributed by atoms with Crippen molar-refractivity contribution in [3.63, 3.8) is 0 Å². The maximum Gasteiger partial charge on any atom is 0.270 e. The molecule has 2 aromatic rings. The fraction of sp³-hybridized carbons (Fsp3) is 0.278. The van der Waals surface area contributed by atoms with E-state index in [2.05, 4.69) is 0 Å². The highest BCUT2D eigenvalue weighted by molar-refractivity contribution is 7.89. The molecule has 0 saturated carbocycles. The van der Waals surface area contributed by atoms with Crippen molar-refractivity contribution in [1.29, 1.82) is 0 Å². The Labute approximate surface area is 161 Å². The monoisotopic (exact) mass is 407 g/mol. The molecule has 0 aliphatic carbocycles. The summed E-state index contributed by atoms with van der Waals surface area (Å²) < 4.78 is 36.8. The van der Waals surface area contributed by atoms with Crippen molar-refractivity contribution in [2.24, 2.45) is 11.1 Å². The third kappa shape index (κ3) is 4.18. The molecule has 0 amide bonds. The Bertz CT molecular complexity index is 1020. The highest BCUT2D eigenvalue weighted by Crippen LogP contribution is 2.32. The Morgan fingerprint density at radius 3 is 2.29 bits per heavy atom. The number of piperidine rings is 1. The standard InChI is InChI=1S/C18H18FN3O5S/c19-14-3-1-12(2-4-14)18(23)13-7-9-21(10-8-13)16-6-5-15(22(24)25)11-17(16)28(20,26)27/h1-6,11,13H,7-10H2,(H2,20,26,27). The van der Waals surface area contributed by atoms with Crippen molar-refractivity contribution in [1.82, 2.24) is 0 Å². The molecule has 3 rings (SSSR count). The number of sulfonamides is 1. The molecule has 1 saturated heterocycles. The topological polar surface area (TPSA) is 124 Å². The molecule has 0 spiro atoms. The van der Waals surface area contributed by atoms with E-state index >= 15 is 0 Å². The van der Waals surface area contributed by atoms with Gasteiger partial charge in [-0.15, -0.1) is 0 Å². The van der Waals surface area contributed by atoms with Gasteiger partial charge < -0.3 is 4.90 Å². The summed E-state index contributed by atoms with van der Waals surface area (Å²) in [5.41, 5.74) is 0.343. The molecule has 1 aliphatic rings. The molecular formula is C18H18FN3O5S. The average molecular weight is 407 g/mol. The first kappa shape index (κ1) is 19.9. The van der Waals surface area contributed by atoms with Crippen molar-refractivity contribution in [2.75, 3.05) is 18.0 Å². The zero-order valence-corrected chi connectivity index (χ0v) is 15.6. The van der Waals surface area contributed by atoms with Gasteiger partial charge >= 0.3 is 0 Å². The van der Waals surface area contributed by atoms with E-state index in [9.17, 15) is 27.7 Å². The van der Waals surface area contributed by atoms with Crippen LogP contribution in [0.15, 0.2) is 47.4 Å². The summed E-state index contributed by atoms with van der Waals surface area (Å²) in [4.78, 5) is 24.2. The van der Waals surface area contributed by atoms with Crippen LogP contribution in [0.3, 0.4) is 0 Å². The van der Waals surface area contributed by atoms with Gasteiger partial charge in [0.2, 0.25) is 10.0 Å². The molecule has 2 aromatic carbocycles. The van der Waals surface area contributed by atoms with Crippen LogP contribution in [0.1, 0.15) is 23.2 Å². The van der Waals surface area contributed by atoms with Crippen molar-refractivity contribution in [3.8, 4) is 0 Å².